The van der Waals surface area contributed by atoms with Gasteiger partial charge in [-0.15, -0.1) is 0 Å². The quantitative estimate of drug-likeness (QED) is 0.360. The van der Waals surface area contributed by atoms with Crippen LogP contribution in [0.15, 0.2) is 69.9 Å². The lowest BCUT2D eigenvalue weighted by Crippen LogP contribution is -2.25. The minimum Gasteiger partial charge on any atom is -0.454 e. The molecular formula is C23H19Cl2NO2. The Morgan fingerprint density at radius 3 is 2.50 bits per heavy atom. The molecule has 0 amide bonds. The maximum absolute atomic E-state index is 12.8. The maximum atomic E-state index is 12.8. The first-order valence-electron chi connectivity index (χ1n) is 9.21. The molecule has 0 aliphatic heterocycles. The highest BCUT2D eigenvalue weighted by Gasteiger charge is 2.12. The molecule has 28 heavy (non-hydrogen) atoms. The summed E-state index contributed by atoms with van der Waals surface area (Å²) in [6, 6.07) is 18.9. The van der Waals surface area contributed by atoms with Gasteiger partial charge in [0.1, 0.15) is 5.58 Å². The molecule has 3 nitrogen and oxygen atoms in total. The minimum atomic E-state index is -0.0606. The zero-order chi connectivity index (χ0) is 19.7. The number of fused-ring (bicyclic) bond motifs is 2. The molecule has 1 aromatic heterocycles. The van der Waals surface area contributed by atoms with Crippen LogP contribution in [0.2, 0.25) is 10.0 Å². The zero-order valence-corrected chi connectivity index (χ0v) is 16.9. The van der Waals surface area contributed by atoms with E-state index >= 15 is 0 Å². The average molecular weight is 412 g/mol. The SMILES string of the molecule is CCN(CCc1ccc(Cl)cc1)c1ccc2c(=O)c3cccc(Cl)c3oc2c1. The largest absolute Gasteiger partial charge is 0.454 e. The molecule has 0 spiro atoms. The van der Waals surface area contributed by atoms with E-state index in [2.05, 4.69) is 11.8 Å². The van der Waals surface area contributed by atoms with Gasteiger partial charge in [-0.2, -0.15) is 0 Å². The Bertz CT molecular complexity index is 1200. The van der Waals surface area contributed by atoms with Gasteiger partial charge in [0.05, 0.1) is 15.8 Å². The molecular weight excluding hydrogens is 393 g/mol. The topological polar surface area (TPSA) is 33.5 Å². The van der Waals surface area contributed by atoms with Crippen molar-refractivity contribution in [3.8, 4) is 0 Å². The number of rotatable bonds is 5. The first-order valence-corrected chi connectivity index (χ1v) is 9.97. The van der Waals surface area contributed by atoms with Gasteiger partial charge in [0, 0.05) is 29.9 Å². The van der Waals surface area contributed by atoms with Crippen LogP contribution >= 0.6 is 23.2 Å². The fourth-order valence-electron chi connectivity index (χ4n) is 3.41. The number of anilines is 1. The third-order valence-electron chi connectivity index (χ3n) is 4.96. The van der Waals surface area contributed by atoms with Crippen LogP contribution in [0.5, 0.6) is 0 Å². The van der Waals surface area contributed by atoms with Crippen LogP contribution < -0.4 is 10.3 Å². The Morgan fingerprint density at radius 2 is 1.75 bits per heavy atom. The van der Waals surface area contributed by atoms with Crippen molar-refractivity contribution in [1.82, 2.24) is 0 Å². The van der Waals surface area contributed by atoms with Gasteiger partial charge in [0.2, 0.25) is 5.43 Å². The highest BCUT2D eigenvalue weighted by atomic mass is 35.5. The minimum absolute atomic E-state index is 0.0606. The van der Waals surface area contributed by atoms with E-state index in [4.69, 9.17) is 27.6 Å². The second-order valence-corrected chi connectivity index (χ2v) is 7.53. The normalized spacial score (nSPS) is 11.2. The maximum Gasteiger partial charge on any atom is 0.200 e. The van der Waals surface area contributed by atoms with Crippen LogP contribution in [-0.4, -0.2) is 13.1 Å². The second kappa shape index (κ2) is 7.86. The van der Waals surface area contributed by atoms with Crippen molar-refractivity contribution in [2.75, 3.05) is 18.0 Å². The van der Waals surface area contributed by atoms with E-state index in [9.17, 15) is 4.79 Å². The summed E-state index contributed by atoms with van der Waals surface area (Å²) < 4.78 is 6.00. The van der Waals surface area contributed by atoms with Gasteiger partial charge in [0.25, 0.3) is 0 Å². The highest BCUT2D eigenvalue weighted by Crippen LogP contribution is 2.27. The molecule has 1 heterocycles. The van der Waals surface area contributed by atoms with Gasteiger partial charge >= 0.3 is 0 Å². The monoisotopic (exact) mass is 411 g/mol. The van der Waals surface area contributed by atoms with Crippen molar-refractivity contribution < 1.29 is 4.42 Å². The molecule has 0 aliphatic rings. The fraction of sp³-hybridized carbons (Fsp3) is 0.174. The van der Waals surface area contributed by atoms with Gasteiger partial charge in [-0.1, -0.05) is 41.4 Å². The predicted octanol–water partition coefficient (Wildman–Crippen LogP) is 6.32. The first kappa shape index (κ1) is 18.9. The Kier molecular flexibility index (Phi) is 5.29. The molecule has 0 saturated carbocycles. The van der Waals surface area contributed by atoms with Crippen molar-refractivity contribution in [1.29, 1.82) is 0 Å². The van der Waals surface area contributed by atoms with E-state index in [1.54, 1.807) is 18.2 Å². The van der Waals surface area contributed by atoms with E-state index in [-0.39, 0.29) is 5.43 Å². The highest BCUT2D eigenvalue weighted by molar-refractivity contribution is 6.34. The summed E-state index contributed by atoms with van der Waals surface area (Å²) in [7, 11) is 0. The summed E-state index contributed by atoms with van der Waals surface area (Å²) in [6.45, 7) is 3.80. The molecule has 5 heteroatoms. The lowest BCUT2D eigenvalue weighted by atomic mass is 10.1. The van der Waals surface area contributed by atoms with Crippen LogP contribution in [0.4, 0.5) is 5.69 Å². The predicted molar refractivity (Wildman–Crippen MR) is 118 cm³/mol. The molecule has 0 radical (unpaired) electrons. The number of nitrogens with zero attached hydrogens (tertiary/aromatic N) is 1. The van der Waals surface area contributed by atoms with Crippen molar-refractivity contribution in [3.63, 3.8) is 0 Å². The first-order chi connectivity index (χ1) is 13.6. The van der Waals surface area contributed by atoms with Gasteiger partial charge in [0.15, 0.2) is 5.58 Å². The van der Waals surface area contributed by atoms with E-state index in [1.165, 1.54) is 5.56 Å². The lowest BCUT2D eigenvalue weighted by molar-refractivity contribution is 0.659. The summed E-state index contributed by atoms with van der Waals surface area (Å²) in [4.78, 5) is 15.0. The summed E-state index contributed by atoms with van der Waals surface area (Å²) in [5.74, 6) is 0. The average Bonchev–Trinajstić information content (AvgIpc) is 2.71. The van der Waals surface area contributed by atoms with E-state index in [0.29, 0.717) is 27.0 Å². The van der Waals surface area contributed by atoms with E-state index in [0.717, 1.165) is 30.2 Å². The summed E-state index contributed by atoms with van der Waals surface area (Å²) in [5.41, 5.74) is 3.16. The molecule has 0 atom stereocenters. The molecule has 0 unspecified atom stereocenters. The van der Waals surface area contributed by atoms with Gasteiger partial charge in [-0.05, 0) is 55.3 Å². The van der Waals surface area contributed by atoms with Crippen LogP contribution in [0.1, 0.15) is 12.5 Å². The Hall–Kier alpha value is -2.49. The summed E-state index contributed by atoms with van der Waals surface area (Å²) in [6.07, 6.45) is 0.899. The fourth-order valence-corrected chi connectivity index (χ4v) is 3.75. The molecule has 142 valence electrons. The number of hydrogen-bond donors (Lipinski definition) is 0. The molecule has 0 fully saturated rings. The Labute approximate surface area is 173 Å². The Balaban J connectivity index is 1.69. The molecule has 0 saturated heterocycles. The van der Waals surface area contributed by atoms with Crippen molar-refractivity contribution in [2.24, 2.45) is 0 Å². The summed E-state index contributed by atoms with van der Waals surface area (Å²) >= 11 is 12.2. The molecule has 4 aromatic rings. The van der Waals surface area contributed by atoms with Crippen LogP contribution in [0.3, 0.4) is 0 Å². The zero-order valence-electron chi connectivity index (χ0n) is 15.4. The van der Waals surface area contributed by atoms with Crippen molar-refractivity contribution >= 4 is 50.8 Å². The second-order valence-electron chi connectivity index (χ2n) is 6.68. The lowest BCUT2D eigenvalue weighted by Gasteiger charge is -2.23. The van der Waals surface area contributed by atoms with Gasteiger partial charge in [-0.3, -0.25) is 4.79 Å². The number of hydrogen-bond acceptors (Lipinski definition) is 3. The van der Waals surface area contributed by atoms with Gasteiger partial charge in [-0.25, -0.2) is 0 Å². The molecule has 4 rings (SSSR count). The van der Waals surface area contributed by atoms with Crippen LogP contribution in [0.25, 0.3) is 21.9 Å². The van der Waals surface area contributed by atoms with Crippen LogP contribution in [-0.2, 0) is 6.42 Å². The number of benzene rings is 3. The summed E-state index contributed by atoms with van der Waals surface area (Å²) in [5, 5.41) is 2.25. The molecule has 0 bridgehead atoms. The Morgan fingerprint density at radius 1 is 0.964 bits per heavy atom. The molecule has 3 aromatic carbocycles. The van der Waals surface area contributed by atoms with E-state index in [1.807, 2.05) is 42.5 Å². The molecule has 0 aliphatic carbocycles. The third kappa shape index (κ3) is 3.60. The molecule has 0 N–H and O–H groups in total. The van der Waals surface area contributed by atoms with Gasteiger partial charge < -0.3 is 9.32 Å². The number of para-hydroxylation sites is 1. The van der Waals surface area contributed by atoms with E-state index < -0.39 is 0 Å². The van der Waals surface area contributed by atoms with Crippen molar-refractivity contribution in [3.05, 3.63) is 86.5 Å². The van der Waals surface area contributed by atoms with Crippen molar-refractivity contribution in [2.45, 2.75) is 13.3 Å². The third-order valence-corrected chi connectivity index (χ3v) is 5.51. The number of likely N-dealkylation sites (N-methyl/N-ethyl adjacent to an activating group) is 1. The number of halogens is 2. The standard InChI is InChI=1S/C23H19Cl2NO2/c1-2-26(13-12-15-6-8-16(24)9-7-15)17-10-11-18-21(14-17)28-23-19(22(18)27)4-3-5-20(23)25/h3-11,14H,2,12-13H2,1H3. The smallest absolute Gasteiger partial charge is 0.200 e. The van der Waals surface area contributed by atoms with Crippen LogP contribution in [0, 0.1) is 0 Å².